The Kier molecular flexibility index (Phi) is 3.60. The van der Waals surface area contributed by atoms with Crippen molar-refractivity contribution in [2.45, 2.75) is 0 Å². The van der Waals surface area contributed by atoms with Gasteiger partial charge in [0.1, 0.15) is 18.0 Å². The molecule has 1 N–H and O–H groups in total. The van der Waals surface area contributed by atoms with E-state index < -0.39 is 0 Å². The van der Waals surface area contributed by atoms with Crippen molar-refractivity contribution in [2.75, 3.05) is 55.7 Å². The molecule has 0 aliphatic carbocycles. The van der Waals surface area contributed by atoms with Crippen LogP contribution in [0.2, 0.25) is 0 Å². The Bertz CT molecular complexity index is 455. The molecule has 4 nitrogen and oxygen atoms in total. The van der Waals surface area contributed by atoms with E-state index in [4.69, 9.17) is 4.74 Å². The largest absolute Gasteiger partial charge is 0.489 e. The van der Waals surface area contributed by atoms with Crippen LogP contribution in [-0.2, 0) is 0 Å². The summed E-state index contributed by atoms with van der Waals surface area (Å²) in [7, 11) is 0. The monoisotopic (exact) mass is 259 g/mol. The third-order valence-corrected chi connectivity index (χ3v) is 3.72. The topological polar surface area (TPSA) is 27.7 Å². The van der Waals surface area contributed by atoms with Gasteiger partial charge in [0.25, 0.3) is 0 Å². The van der Waals surface area contributed by atoms with E-state index in [0.29, 0.717) is 0 Å². The highest BCUT2D eigenvalue weighted by Gasteiger charge is 2.24. The minimum atomic E-state index is 0.756. The number of hydrogen-bond donors (Lipinski definition) is 1. The van der Waals surface area contributed by atoms with Gasteiger partial charge in [0.15, 0.2) is 0 Å². The Morgan fingerprint density at radius 3 is 2.89 bits per heavy atom. The van der Waals surface area contributed by atoms with E-state index >= 15 is 0 Å². The van der Waals surface area contributed by atoms with E-state index in [1.165, 1.54) is 11.4 Å². The molecule has 0 unspecified atom stereocenters. The van der Waals surface area contributed by atoms with E-state index in [9.17, 15) is 0 Å². The zero-order chi connectivity index (χ0) is 13.1. The van der Waals surface area contributed by atoms with Gasteiger partial charge in [-0.15, -0.1) is 6.58 Å². The standard InChI is InChI=1S/C15H21N3O/c1-2-8-18-11-12-19-14-5-3-4-13(15(14)18)17-9-6-16-7-10-17/h2-5,16H,1,6-12H2. The molecule has 2 aliphatic heterocycles. The van der Waals surface area contributed by atoms with E-state index in [1.807, 2.05) is 6.08 Å². The fraction of sp³-hybridized carbons (Fsp3) is 0.467. The first-order chi connectivity index (χ1) is 9.40. The smallest absolute Gasteiger partial charge is 0.144 e. The molecule has 4 heteroatoms. The van der Waals surface area contributed by atoms with E-state index in [0.717, 1.165) is 51.6 Å². The second kappa shape index (κ2) is 5.53. The summed E-state index contributed by atoms with van der Waals surface area (Å²) in [6, 6.07) is 6.36. The predicted octanol–water partition coefficient (Wildman–Crippen LogP) is 1.48. The van der Waals surface area contributed by atoms with Gasteiger partial charge in [-0.05, 0) is 12.1 Å². The first kappa shape index (κ1) is 12.4. The number of hydrogen-bond acceptors (Lipinski definition) is 4. The van der Waals surface area contributed by atoms with Gasteiger partial charge in [-0.25, -0.2) is 0 Å². The number of nitrogens with one attached hydrogen (secondary N) is 1. The van der Waals surface area contributed by atoms with Gasteiger partial charge in [0.2, 0.25) is 0 Å². The fourth-order valence-corrected chi connectivity index (χ4v) is 2.82. The summed E-state index contributed by atoms with van der Waals surface area (Å²) < 4.78 is 5.81. The molecule has 0 bridgehead atoms. The first-order valence-corrected chi connectivity index (χ1v) is 6.97. The summed E-state index contributed by atoms with van der Waals surface area (Å²) in [5.74, 6) is 1.00. The minimum absolute atomic E-state index is 0.756. The van der Waals surface area contributed by atoms with Crippen molar-refractivity contribution in [1.29, 1.82) is 0 Å². The number of fused-ring (bicyclic) bond motifs is 1. The second-order valence-electron chi connectivity index (χ2n) is 4.94. The summed E-state index contributed by atoms with van der Waals surface area (Å²) in [5.41, 5.74) is 2.52. The molecule has 1 aromatic carbocycles. The van der Waals surface area contributed by atoms with Crippen LogP contribution >= 0.6 is 0 Å². The van der Waals surface area contributed by atoms with Crippen molar-refractivity contribution in [1.82, 2.24) is 5.32 Å². The molecule has 3 rings (SSSR count). The number of nitrogens with zero attached hydrogens (tertiary/aromatic N) is 2. The van der Waals surface area contributed by atoms with Gasteiger partial charge in [-0.2, -0.15) is 0 Å². The zero-order valence-corrected chi connectivity index (χ0v) is 11.3. The Morgan fingerprint density at radius 2 is 2.11 bits per heavy atom. The van der Waals surface area contributed by atoms with Gasteiger partial charge < -0.3 is 19.9 Å². The second-order valence-corrected chi connectivity index (χ2v) is 4.94. The molecule has 1 saturated heterocycles. The molecule has 19 heavy (non-hydrogen) atoms. The van der Waals surface area contributed by atoms with Crippen LogP contribution in [0, 0.1) is 0 Å². The highest BCUT2D eigenvalue weighted by Crippen LogP contribution is 2.40. The molecule has 0 atom stereocenters. The van der Waals surface area contributed by atoms with Gasteiger partial charge in [-0.1, -0.05) is 12.1 Å². The fourth-order valence-electron chi connectivity index (χ4n) is 2.82. The lowest BCUT2D eigenvalue weighted by Gasteiger charge is -2.37. The molecule has 0 radical (unpaired) electrons. The number of piperazine rings is 1. The number of rotatable bonds is 3. The van der Waals surface area contributed by atoms with E-state index in [-0.39, 0.29) is 0 Å². The highest BCUT2D eigenvalue weighted by molar-refractivity contribution is 5.78. The zero-order valence-electron chi connectivity index (χ0n) is 11.3. The summed E-state index contributed by atoms with van der Waals surface area (Å²) in [4.78, 5) is 4.81. The van der Waals surface area contributed by atoms with Crippen LogP contribution in [0.4, 0.5) is 11.4 Å². The Morgan fingerprint density at radius 1 is 1.26 bits per heavy atom. The number of para-hydroxylation sites is 1. The molecule has 0 amide bonds. The minimum Gasteiger partial charge on any atom is -0.489 e. The Hall–Kier alpha value is -1.68. The van der Waals surface area contributed by atoms with Crippen molar-refractivity contribution >= 4 is 11.4 Å². The van der Waals surface area contributed by atoms with Gasteiger partial charge in [0.05, 0.1) is 12.2 Å². The summed E-state index contributed by atoms with van der Waals surface area (Å²) in [5, 5.41) is 3.40. The van der Waals surface area contributed by atoms with Crippen molar-refractivity contribution in [3.63, 3.8) is 0 Å². The predicted molar refractivity (Wildman–Crippen MR) is 79.4 cm³/mol. The molecule has 0 saturated carbocycles. The number of ether oxygens (including phenoxy) is 1. The summed E-state index contributed by atoms with van der Waals surface area (Å²) in [6.45, 7) is 10.6. The van der Waals surface area contributed by atoms with Crippen molar-refractivity contribution in [3.05, 3.63) is 30.9 Å². The van der Waals surface area contributed by atoms with Gasteiger partial charge >= 0.3 is 0 Å². The normalized spacial score (nSPS) is 18.7. The molecular weight excluding hydrogens is 238 g/mol. The molecule has 2 heterocycles. The van der Waals surface area contributed by atoms with Crippen LogP contribution in [0.15, 0.2) is 30.9 Å². The van der Waals surface area contributed by atoms with Crippen molar-refractivity contribution in [3.8, 4) is 5.75 Å². The molecule has 102 valence electrons. The first-order valence-electron chi connectivity index (χ1n) is 6.97. The number of benzene rings is 1. The lowest BCUT2D eigenvalue weighted by molar-refractivity contribution is 0.309. The number of anilines is 2. The molecule has 1 fully saturated rings. The van der Waals surface area contributed by atoms with Crippen molar-refractivity contribution in [2.24, 2.45) is 0 Å². The molecule has 2 aliphatic rings. The van der Waals surface area contributed by atoms with Crippen LogP contribution in [0.3, 0.4) is 0 Å². The highest BCUT2D eigenvalue weighted by atomic mass is 16.5. The molecular formula is C15H21N3O. The SMILES string of the molecule is C=CCN1CCOc2cccc(N3CCNCC3)c21. The average Bonchev–Trinajstić information content (AvgIpc) is 2.48. The van der Waals surface area contributed by atoms with Gasteiger partial charge in [-0.3, -0.25) is 0 Å². The maximum absolute atomic E-state index is 5.81. The van der Waals surface area contributed by atoms with Crippen LogP contribution in [-0.4, -0.2) is 45.9 Å². The summed E-state index contributed by atoms with van der Waals surface area (Å²) >= 11 is 0. The van der Waals surface area contributed by atoms with Crippen molar-refractivity contribution < 1.29 is 4.74 Å². The van der Waals surface area contributed by atoms with Crippen LogP contribution in [0.5, 0.6) is 5.75 Å². The third-order valence-electron chi connectivity index (χ3n) is 3.72. The molecule has 1 aromatic rings. The molecule has 0 aromatic heterocycles. The Balaban J connectivity index is 1.97. The van der Waals surface area contributed by atoms with E-state index in [1.54, 1.807) is 0 Å². The van der Waals surface area contributed by atoms with Crippen LogP contribution < -0.4 is 19.9 Å². The lowest BCUT2D eigenvalue weighted by atomic mass is 10.1. The van der Waals surface area contributed by atoms with Crippen LogP contribution in [0.1, 0.15) is 0 Å². The average molecular weight is 259 g/mol. The maximum atomic E-state index is 5.81. The van der Waals surface area contributed by atoms with Gasteiger partial charge in [0, 0.05) is 32.7 Å². The van der Waals surface area contributed by atoms with Crippen LogP contribution in [0.25, 0.3) is 0 Å². The lowest BCUT2D eigenvalue weighted by Crippen LogP contribution is -2.44. The summed E-state index contributed by atoms with van der Waals surface area (Å²) in [6.07, 6.45) is 1.96. The Labute approximate surface area is 114 Å². The molecule has 0 spiro atoms. The third kappa shape index (κ3) is 2.40. The van der Waals surface area contributed by atoms with E-state index in [2.05, 4.69) is 39.9 Å². The quantitative estimate of drug-likeness (QED) is 0.832. The maximum Gasteiger partial charge on any atom is 0.144 e.